The van der Waals surface area contributed by atoms with Gasteiger partial charge in [-0.05, 0) is 44.9 Å². The summed E-state index contributed by atoms with van der Waals surface area (Å²) >= 11 is 0. The monoisotopic (exact) mass is 476 g/mol. The van der Waals surface area contributed by atoms with Gasteiger partial charge in [-0.1, -0.05) is 17.7 Å². The standard InChI is InChI=1S/C25H24N4O6/c1-12-9-13(2)21-15(10-12)25(24(32)26-21)20-19(16-5-4-8-27(16)25)22(30)28(23(20)31)17-11-14(29(33)34)6-7-18(17)35-3/h6-7,9-11,16,19-20H,4-5,8H2,1-3H3,(H,26,32). The summed E-state index contributed by atoms with van der Waals surface area (Å²) in [6.07, 6.45) is 1.50. The first-order valence-electron chi connectivity index (χ1n) is 11.6. The van der Waals surface area contributed by atoms with Crippen LogP contribution >= 0.6 is 0 Å². The number of ether oxygens (including phenoxy) is 1. The molecule has 6 rings (SSSR count). The normalized spacial score (nSPS) is 28.9. The van der Waals surface area contributed by atoms with Gasteiger partial charge in [-0.3, -0.25) is 29.4 Å². The fourth-order valence-corrected chi connectivity index (χ4v) is 6.86. The molecule has 0 aromatic heterocycles. The molecule has 4 atom stereocenters. The SMILES string of the molecule is COc1ccc([N+](=O)[O-])cc1N1C(=O)C2C3CCCN3C3(C(=O)Nc4c(C)cc(C)cc43)C2C1=O. The highest BCUT2D eigenvalue weighted by Gasteiger charge is 2.75. The Kier molecular flexibility index (Phi) is 4.41. The number of nitrogens with zero attached hydrogens (tertiary/aromatic N) is 3. The van der Waals surface area contributed by atoms with Gasteiger partial charge in [0, 0.05) is 29.4 Å². The average molecular weight is 476 g/mol. The second kappa shape index (κ2) is 7.11. The molecule has 180 valence electrons. The lowest BCUT2D eigenvalue weighted by atomic mass is 9.75. The van der Waals surface area contributed by atoms with Crippen LogP contribution < -0.4 is 15.0 Å². The van der Waals surface area contributed by atoms with Crippen molar-refractivity contribution in [3.05, 3.63) is 57.1 Å². The molecule has 4 unspecified atom stereocenters. The molecular weight excluding hydrogens is 452 g/mol. The number of methoxy groups -OCH3 is 1. The van der Waals surface area contributed by atoms with Crippen LogP contribution in [0.3, 0.4) is 0 Å². The Hall–Kier alpha value is -3.79. The Morgan fingerprint density at radius 1 is 1.14 bits per heavy atom. The topological polar surface area (TPSA) is 122 Å². The number of nitrogens with one attached hydrogen (secondary N) is 1. The molecule has 3 saturated heterocycles. The number of aryl methyl sites for hydroxylation is 2. The minimum atomic E-state index is -1.30. The van der Waals surface area contributed by atoms with Gasteiger partial charge in [0.25, 0.3) is 5.69 Å². The van der Waals surface area contributed by atoms with Crippen LogP contribution in [0.4, 0.5) is 17.1 Å². The van der Waals surface area contributed by atoms with Crippen molar-refractivity contribution in [1.29, 1.82) is 0 Å². The summed E-state index contributed by atoms with van der Waals surface area (Å²) in [7, 11) is 1.38. The van der Waals surface area contributed by atoms with Gasteiger partial charge in [0.2, 0.25) is 17.7 Å². The zero-order valence-corrected chi connectivity index (χ0v) is 19.5. The predicted octanol–water partition coefficient (Wildman–Crippen LogP) is 2.65. The molecule has 10 nitrogen and oxygen atoms in total. The Balaban J connectivity index is 1.57. The van der Waals surface area contributed by atoms with Crippen LogP contribution in [0.5, 0.6) is 5.75 Å². The van der Waals surface area contributed by atoms with Crippen LogP contribution in [0, 0.1) is 35.8 Å². The molecule has 3 amide bonds. The highest BCUT2D eigenvalue weighted by atomic mass is 16.6. The lowest BCUT2D eigenvalue weighted by Crippen LogP contribution is -2.54. The lowest BCUT2D eigenvalue weighted by molar-refractivity contribution is -0.384. The zero-order chi connectivity index (χ0) is 24.8. The summed E-state index contributed by atoms with van der Waals surface area (Å²) < 4.78 is 5.37. The van der Waals surface area contributed by atoms with Crippen molar-refractivity contribution in [2.75, 3.05) is 23.9 Å². The molecule has 10 heteroatoms. The van der Waals surface area contributed by atoms with E-state index in [0.29, 0.717) is 18.7 Å². The van der Waals surface area contributed by atoms with Gasteiger partial charge >= 0.3 is 0 Å². The molecule has 0 aliphatic carbocycles. The number of amides is 3. The summed E-state index contributed by atoms with van der Waals surface area (Å²) in [5, 5.41) is 14.5. The predicted molar refractivity (Wildman–Crippen MR) is 125 cm³/mol. The van der Waals surface area contributed by atoms with E-state index in [1.165, 1.54) is 25.3 Å². The smallest absolute Gasteiger partial charge is 0.271 e. The molecule has 1 spiro atoms. The number of imide groups is 1. The highest BCUT2D eigenvalue weighted by Crippen LogP contribution is 2.61. The number of carbonyl (C=O) groups excluding carboxylic acids is 3. The van der Waals surface area contributed by atoms with E-state index in [1.54, 1.807) is 0 Å². The summed E-state index contributed by atoms with van der Waals surface area (Å²) in [6, 6.07) is 7.47. The van der Waals surface area contributed by atoms with Gasteiger partial charge in [-0.25, -0.2) is 4.90 Å². The van der Waals surface area contributed by atoms with E-state index in [2.05, 4.69) is 10.2 Å². The summed E-state index contributed by atoms with van der Waals surface area (Å²) in [6.45, 7) is 4.47. The molecule has 3 fully saturated rings. The highest BCUT2D eigenvalue weighted by molar-refractivity contribution is 6.26. The van der Waals surface area contributed by atoms with Crippen molar-refractivity contribution in [3.8, 4) is 5.75 Å². The van der Waals surface area contributed by atoms with Crippen LogP contribution in [-0.4, -0.2) is 47.2 Å². The lowest BCUT2D eigenvalue weighted by Gasteiger charge is -2.37. The number of nitro benzene ring substituents is 1. The van der Waals surface area contributed by atoms with E-state index in [1.807, 2.05) is 26.0 Å². The molecule has 0 bridgehead atoms. The van der Waals surface area contributed by atoms with E-state index < -0.39 is 34.1 Å². The van der Waals surface area contributed by atoms with Crippen molar-refractivity contribution in [2.24, 2.45) is 11.8 Å². The fraction of sp³-hybridized carbons (Fsp3) is 0.400. The molecular formula is C25H24N4O6. The maximum absolute atomic E-state index is 14.1. The third-order valence-corrected chi connectivity index (χ3v) is 8.06. The fourth-order valence-electron chi connectivity index (χ4n) is 6.86. The number of carbonyl (C=O) groups is 3. The number of rotatable bonds is 3. The first kappa shape index (κ1) is 21.7. The van der Waals surface area contributed by atoms with E-state index in [0.717, 1.165) is 28.0 Å². The molecule has 0 saturated carbocycles. The van der Waals surface area contributed by atoms with Crippen molar-refractivity contribution in [2.45, 2.75) is 38.3 Å². The van der Waals surface area contributed by atoms with E-state index >= 15 is 0 Å². The second-order valence-electron chi connectivity index (χ2n) is 9.76. The number of hydrogen-bond acceptors (Lipinski definition) is 7. The molecule has 4 aliphatic heterocycles. The molecule has 1 N–H and O–H groups in total. The van der Waals surface area contributed by atoms with Gasteiger partial charge in [0.05, 0.1) is 23.9 Å². The Morgan fingerprint density at radius 3 is 2.63 bits per heavy atom. The maximum Gasteiger partial charge on any atom is 0.271 e. The van der Waals surface area contributed by atoms with Crippen LogP contribution in [0.25, 0.3) is 0 Å². The number of benzene rings is 2. The molecule has 2 aromatic carbocycles. The number of anilines is 2. The maximum atomic E-state index is 14.1. The largest absolute Gasteiger partial charge is 0.495 e. The quantitative estimate of drug-likeness (QED) is 0.411. The Morgan fingerprint density at radius 2 is 1.91 bits per heavy atom. The average Bonchev–Trinajstić information content (AvgIpc) is 3.52. The van der Waals surface area contributed by atoms with Gasteiger partial charge < -0.3 is 10.1 Å². The zero-order valence-electron chi connectivity index (χ0n) is 19.5. The van der Waals surface area contributed by atoms with Gasteiger partial charge in [0.15, 0.2) is 0 Å². The summed E-state index contributed by atoms with van der Waals surface area (Å²) in [4.78, 5) is 55.8. The summed E-state index contributed by atoms with van der Waals surface area (Å²) in [5.74, 6) is -2.76. The number of non-ortho nitro benzene ring substituents is 1. The number of fused-ring (bicyclic) bond motifs is 7. The first-order chi connectivity index (χ1) is 16.7. The first-order valence-corrected chi connectivity index (χ1v) is 11.6. The van der Waals surface area contributed by atoms with Crippen molar-refractivity contribution in [1.82, 2.24) is 4.90 Å². The third kappa shape index (κ3) is 2.54. The minimum Gasteiger partial charge on any atom is -0.495 e. The van der Waals surface area contributed by atoms with Crippen LogP contribution in [0.15, 0.2) is 30.3 Å². The second-order valence-corrected chi connectivity index (χ2v) is 9.76. The van der Waals surface area contributed by atoms with Crippen LogP contribution in [-0.2, 0) is 19.9 Å². The van der Waals surface area contributed by atoms with Crippen molar-refractivity contribution >= 4 is 34.8 Å². The Labute approximate surface area is 201 Å². The number of hydrogen-bond donors (Lipinski definition) is 1. The number of nitro groups is 1. The van der Waals surface area contributed by atoms with E-state index in [-0.39, 0.29) is 29.1 Å². The Bertz CT molecular complexity index is 1360. The van der Waals surface area contributed by atoms with Crippen molar-refractivity contribution < 1.29 is 24.0 Å². The van der Waals surface area contributed by atoms with Crippen LogP contribution in [0.2, 0.25) is 0 Å². The molecule has 4 heterocycles. The van der Waals surface area contributed by atoms with Gasteiger partial charge in [0.1, 0.15) is 17.0 Å². The van der Waals surface area contributed by atoms with Crippen LogP contribution in [0.1, 0.15) is 29.5 Å². The summed E-state index contributed by atoms with van der Waals surface area (Å²) in [5.41, 5.74) is 1.76. The minimum absolute atomic E-state index is 0.0323. The molecule has 2 aromatic rings. The van der Waals surface area contributed by atoms with Crippen molar-refractivity contribution in [3.63, 3.8) is 0 Å². The van der Waals surface area contributed by atoms with E-state index in [4.69, 9.17) is 4.74 Å². The van der Waals surface area contributed by atoms with Gasteiger partial charge in [-0.15, -0.1) is 0 Å². The third-order valence-electron chi connectivity index (χ3n) is 8.06. The van der Waals surface area contributed by atoms with E-state index in [9.17, 15) is 24.5 Å². The molecule has 4 aliphatic rings. The molecule has 35 heavy (non-hydrogen) atoms. The van der Waals surface area contributed by atoms with Gasteiger partial charge in [-0.2, -0.15) is 0 Å². The molecule has 0 radical (unpaired) electrons.